The van der Waals surface area contributed by atoms with Gasteiger partial charge in [0.2, 0.25) is 27.3 Å². The molecule has 2 aromatic rings. The van der Waals surface area contributed by atoms with Crippen LogP contribution in [0.1, 0.15) is 38.5 Å². The van der Waals surface area contributed by atoms with Gasteiger partial charge in [0.25, 0.3) is 0 Å². The number of hydrogen-bond donors (Lipinski definition) is 2. The Morgan fingerprint density at radius 1 is 1.00 bits per heavy atom. The predicted octanol–water partition coefficient (Wildman–Crippen LogP) is -1.37. The highest BCUT2D eigenvalue weighted by Gasteiger charge is 2.39. The molecule has 4 N–H and O–H groups in total. The van der Waals surface area contributed by atoms with Gasteiger partial charge < -0.3 is 21.6 Å². The molecular formula is C25H32N8O5S. The van der Waals surface area contributed by atoms with Crippen LogP contribution in [0.2, 0.25) is 0 Å². The zero-order valence-corrected chi connectivity index (χ0v) is 22.7. The first-order valence-electron chi connectivity index (χ1n) is 12.7. The summed E-state index contributed by atoms with van der Waals surface area (Å²) < 4.78 is 27.5. The maximum Gasteiger partial charge on any atom is 0.240 e. The van der Waals surface area contributed by atoms with E-state index < -0.39 is 27.9 Å². The van der Waals surface area contributed by atoms with Gasteiger partial charge in [-0.05, 0) is 18.6 Å². The molecule has 1 aromatic carbocycles. The molecule has 13 nitrogen and oxygen atoms in total. The van der Waals surface area contributed by atoms with Crippen LogP contribution in [0.5, 0.6) is 0 Å². The average molecular weight is 557 g/mol. The molecule has 1 fully saturated rings. The standard InChI is InChI=1S/C25H32N8O5S/c1-29(2)39(37,38)19-9-8-18(20(26)21(19)27)31-14-12-30(13-15-31)10-5-11-32-23-22(28-33(32)36)24(34)16-6-3-4-7-17(16)25(23)35/h3-4,6-9,20-21H,5,10-15,26-27H2,1-2H3. The molecule has 3 aliphatic rings. The number of sulfonamides is 1. The topological polar surface area (TPSA) is 175 Å². The van der Waals surface area contributed by atoms with Crippen molar-refractivity contribution < 1.29 is 23.0 Å². The third kappa shape index (κ3) is 4.67. The summed E-state index contributed by atoms with van der Waals surface area (Å²) in [5.41, 5.74) is 13.9. The molecule has 2 aliphatic carbocycles. The van der Waals surface area contributed by atoms with E-state index in [0.29, 0.717) is 31.0 Å². The first kappa shape index (κ1) is 27.1. The van der Waals surface area contributed by atoms with E-state index in [1.165, 1.54) is 18.8 Å². The van der Waals surface area contributed by atoms with E-state index in [0.717, 1.165) is 23.1 Å². The number of rotatable bonds is 7. The Morgan fingerprint density at radius 3 is 2.28 bits per heavy atom. The molecule has 0 spiro atoms. The molecule has 2 unspecified atom stereocenters. The molecule has 39 heavy (non-hydrogen) atoms. The number of allylic oxidation sites excluding steroid dienone is 2. The highest BCUT2D eigenvalue weighted by Crippen LogP contribution is 2.27. The molecule has 208 valence electrons. The maximum atomic E-state index is 13.1. The van der Waals surface area contributed by atoms with Crippen LogP contribution in [-0.2, 0) is 16.6 Å². The second-order valence-electron chi connectivity index (χ2n) is 10.1. The maximum absolute atomic E-state index is 13.1. The third-order valence-electron chi connectivity index (χ3n) is 7.56. The number of hydrogen-bond acceptors (Lipinski definition) is 10. The molecule has 1 saturated heterocycles. The predicted molar refractivity (Wildman–Crippen MR) is 142 cm³/mol. The molecule has 0 amide bonds. The number of nitrogens with zero attached hydrogens (tertiary/aromatic N) is 6. The number of piperazine rings is 1. The fourth-order valence-electron chi connectivity index (χ4n) is 5.31. The summed E-state index contributed by atoms with van der Waals surface area (Å²) in [6, 6.07) is 5.03. The molecule has 0 bridgehead atoms. The van der Waals surface area contributed by atoms with E-state index in [9.17, 15) is 23.2 Å². The number of carbonyl (C=O) groups excluding carboxylic acids is 2. The van der Waals surface area contributed by atoms with Crippen molar-refractivity contribution >= 4 is 21.6 Å². The molecule has 2 heterocycles. The molecule has 1 aromatic heterocycles. The SMILES string of the molecule is CN(C)S(=O)(=O)C1=CC=C(N2CCN(CCCn3c4c(n[n+]3[O-])C(=O)c3ccccc3C4=O)CC2)C(N)C1N. The highest BCUT2D eigenvalue weighted by atomic mass is 32.2. The Balaban J connectivity index is 1.20. The van der Waals surface area contributed by atoms with Gasteiger partial charge in [0, 0.05) is 73.7 Å². The van der Waals surface area contributed by atoms with Crippen molar-refractivity contribution in [2.45, 2.75) is 25.0 Å². The molecule has 0 radical (unpaired) electrons. The summed E-state index contributed by atoms with van der Waals surface area (Å²) in [6.45, 7) is 3.75. The van der Waals surface area contributed by atoms with Gasteiger partial charge in [-0.2, -0.15) is 0 Å². The van der Waals surface area contributed by atoms with Gasteiger partial charge in [-0.1, -0.05) is 24.3 Å². The zero-order chi connectivity index (χ0) is 28.1. The number of fused-ring (bicyclic) bond motifs is 2. The van der Waals surface area contributed by atoms with Crippen LogP contribution in [0.3, 0.4) is 0 Å². The van der Waals surface area contributed by atoms with Crippen molar-refractivity contribution in [3.8, 4) is 0 Å². The Morgan fingerprint density at radius 2 is 1.64 bits per heavy atom. The van der Waals surface area contributed by atoms with E-state index >= 15 is 0 Å². The number of nitrogens with two attached hydrogens (primary N) is 2. The van der Waals surface area contributed by atoms with E-state index in [4.69, 9.17) is 11.5 Å². The molecule has 14 heteroatoms. The second kappa shape index (κ2) is 10.3. The van der Waals surface area contributed by atoms with Crippen LogP contribution in [0.4, 0.5) is 0 Å². The van der Waals surface area contributed by atoms with Crippen LogP contribution >= 0.6 is 0 Å². The molecule has 5 rings (SSSR count). The quantitative estimate of drug-likeness (QED) is 0.261. The van der Waals surface area contributed by atoms with Crippen LogP contribution in [0, 0.1) is 5.21 Å². The molecular weight excluding hydrogens is 524 g/mol. The van der Waals surface area contributed by atoms with E-state index in [-0.39, 0.29) is 39.7 Å². The summed E-state index contributed by atoms with van der Waals surface area (Å²) in [4.78, 5) is 30.6. The Kier molecular flexibility index (Phi) is 7.15. The zero-order valence-electron chi connectivity index (χ0n) is 21.9. The van der Waals surface area contributed by atoms with Crippen LogP contribution in [-0.4, -0.2) is 103 Å². The van der Waals surface area contributed by atoms with Crippen molar-refractivity contribution in [1.29, 1.82) is 0 Å². The third-order valence-corrected chi connectivity index (χ3v) is 9.52. The van der Waals surface area contributed by atoms with Crippen molar-refractivity contribution in [2.75, 3.05) is 46.8 Å². The Labute approximate surface area is 226 Å². The minimum atomic E-state index is -3.66. The van der Waals surface area contributed by atoms with Gasteiger partial charge in [0.05, 0.1) is 23.5 Å². The lowest BCUT2D eigenvalue weighted by atomic mass is 9.90. The Hall–Kier alpha value is -3.43. The molecule has 1 aliphatic heterocycles. The minimum Gasteiger partial charge on any atom is -0.571 e. The number of carbonyl (C=O) groups is 2. The smallest absolute Gasteiger partial charge is 0.240 e. The van der Waals surface area contributed by atoms with E-state index in [1.54, 1.807) is 36.4 Å². The first-order valence-corrected chi connectivity index (χ1v) is 14.2. The van der Waals surface area contributed by atoms with Crippen molar-refractivity contribution in [2.24, 2.45) is 11.5 Å². The van der Waals surface area contributed by atoms with Crippen LogP contribution < -0.4 is 16.4 Å². The minimum absolute atomic E-state index is 0.0387. The van der Waals surface area contributed by atoms with E-state index in [2.05, 4.69) is 14.9 Å². The largest absolute Gasteiger partial charge is 0.571 e. The molecule has 0 saturated carbocycles. The van der Waals surface area contributed by atoms with Gasteiger partial charge in [-0.25, -0.2) is 12.7 Å². The van der Waals surface area contributed by atoms with Gasteiger partial charge in [0.15, 0.2) is 5.69 Å². The lowest BCUT2D eigenvalue weighted by molar-refractivity contribution is -0.749. The van der Waals surface area contributed by atoms with Crippen molar-refractivity contribution in [3.05, 3.63) is 74.7 Å². The normalized spacial score (nSPS) is 22.0. The van der Waals surface area contributed by atoms with E-state index in [1.807, 2.05) is 0 Å². The highest BCUT2D eigenvalue weighted by molar-refractivity contribution is 7.93. The van der Waals surface area contributed by atoms with Crippen LogP contribution in [0.15, 0.2) is 47.0 Å². The summed E-state index contributed by atoms with van der Waals surface area (Å²) in [6.07, 6.45) is 3.86. The summed E-state index contributed by atoms with van der Waals surface area (Å²) in [5, 5.41) is 16.3. The van der Waals surface area contributed by atoms with Gasteiger partial charge in [-0.3, -0.25) is 14.5 Å². The average Bonchev–Trinajstić information content (AvgIpc) is 3.25. The Bertz CT molecular complexity index is 1490. The van der Waals surface area contributed by atoms with Crippen molar-refractivity contribution in [1.82, 2.24) is 23.9 Å². The first-order chi connectivity index (χ1) is 18.5. The monoisotopic (exact) mass is 556 g/mol. The lowest BCUT2D eigenvalue weighted by Crippen LogP contribution is -2.55. The second-order valence-corrected chi connectivity index (χ2v) is 12.2. The fraction of sp³-hybridized carbons (Fsp3) is 0.440. The summed E-state index contributed by atoms with van der Waals surface area (Å²) in [7, 11) is -0.737. The lowest BCUT2D eigenvalue weighted by Gasteiger charge is -2.41. The van der Waals surface area contributed by atoms with Gasteiger partial charge >= 0.3 is 0 Å². The van der Waals surface area contributed by atoms with Gasteiger partial charge in [0.1, 0.15) is 0 Å². The number of aromatic nitrogens is 3. The summed E-state index contributed by atoms with van der Waals surface area (Å²) >= 11 is 0. The number of ketones is 2. The van der Waals surface area contributed by atoms with Gasteiger partial charge in [-0.15, -0.1) is 4.68 Å². The molecule has 2 atom stereocenters. The van der Waals surface area contributed by atoms with Crippen LogP contribution in [0.25, 0.3) is 0 Å². The number of benzene rings is 1. The summed E-state index contributed by atoms with van der Waals surface area (Å²) in [5.74, 6) is -0.794. The van der Waals surface area contributed by atoms with Crippen molar-refractivity contribution in [3.63, 3.8) is 0 Å². The fourth-order valence-corrected chi connectivity index (χ4v) is 6.47.